The Bertz CT molecular complexity index is 459. The Labute approximate surface area is 117 Å². The molecule has 0 bridgehead atoms. The average Bonchev–Trinajstić information content (AvgIpc) is 2.42. The van der Waals surface area contributed by atoms with Crippen LogP contribution in [0.2, 0.25) is 5.02 Å². The molecule has 2 rings (SSSR count). The van der Waals surface area contributed by atoms with E-state index >= 15 is 0 Å². The van der Waals surface area contributed by atoms with Crippen molar-refractivity contribution in [2.45, 2.75) is 24.3 Å². The van der Waals surface area contributed by atoms with E-state index in [9.17, 15) is 0 Å². The number of unbranched alkanes of at least 4 members (excludes halogenated alkanes) is 1. The smallest absolute Gasteiger partial charge is 0.198 e. The summed E-state index contributed by atoms with van der Waals surface area (Å²) in [5.74, 6) is 1.08. The van der Waals surface area contributed by atoms with E-state index in [0.717, 1.165) is 22.2 Å². The second kappa shape index (κ2) is 7.39. The highest BCUT2D eigenvalue weighted by molar-refractivity contribution is 7.99. The molecule has 0 saturated carbocycles. The Morgan fingerprint density at radius 2 is 1.94 bits per heavy atom. The van der Waals surface area contributed by atoms with Crippen LogP contribution in [0.3, 0.4) is 0 Å². The highest BCUT2D eigenvalue weighted by atomic mass is 35.5. The summed E-state index contributed by atoms with van der Waals surface area (Å²) in [7, 11) is 0. The number of aryl methyl sites for hydroxylation is 1. The first-order valence-electron chi connectivity index (χ1n) is 5.91. The molecule has 0 atom stereocenters. The van der Waals surface area contributed by atoms with Gasteiger partial charge in [0.25, 0.3) is 0 Å². The maximum Gasteiger partial charge on any atom is 0.198 e. The third-order valence-corrected chi connectivity index (χ3v) is 3.80. The van der Waals surface area contributed by atoms with Crippen molar-refractivity contribution in [2.75, 3.05) is 5.75 Å². The summed E-state index contributed by atoms with van der Waals surface area (Å²) >= 11 is 7.60. The number of rotatable bonds is 6. The highest BCUT2D eigenvalue weighted by Crippen LogP contribution is 2.16. The Morgan fingerprint density at radius 3 is 2.67 bits per heavy atom. The zero-order valence-electron chi connectivity index (χ0n) is 9.97. The predicted octanol–water partition coefficient (Wildman–Crippen LogP) is 4.05. The van der Waals surface area contributed by atoms with Gasteiger partial charge < -0.3 is 0 Å². The number of benzene rings is 1. The molecular formula is C14H14ClN2S. The normalized spacial score (nSPS) is 10.5. The number of halogens is 1. The van der Waals surface area contributed by atoms with Crippen LogP contribution >= 0.6 is 23.4 Å². The number of nitrogens with zero attached hydrogens (tertiary/aromatic N) is 2. The molecule has 0 fully saturated rings. The average molecular weight is 278 g/mol. The molecule has 0 aliphatic heterocycles. The minimum Gasteiger partial charge on any atom is -0.234 e. The highest BCUT2D eigenvalue weighted by Gasteiger charge is 1.97. The molecule has 0 spiro atoms. The van der Waals surface area contributed by atoms with Gasteiger partial charge in [-0.05, 0) is 48.8 Å². The fourth-order valence-electron chi connectivity index (χ4n) is 1.59. The zero-order chi connectivity index (χ0) is 12.6. The molecule has 0 aliphatic carbocycles. The Hall–Kier alpha value is -1.06. The van der Waals surface area contributed by atoms with E-state index in [1.165, 1.54) is 18.4 Å². The van der Waals surface area contributed by atoms with Gasteiger partial charge in [0.1, 0.15) is 5.03 Å². The molecule has 0 amide bonds. The Balaban J connectivity index is 1.63. The van der Waals surface area contributed by atoms with Crippen molar-refractivity contribution in [1.82, 2.24) is 9.97 Å². The third-order valence-electron chi connectivity index (χ3n) is 2.53. The lowest BCUT2D eigenvalue weighted by molar-refractivity contribution is 0.801. The summed E-state index contributed by atoms with van der Waals surface area (Å²) in [4.78, 5) is 7.83. The summed E-state index contributed by atoms with van der Waals surface area (Å²) in [5, 5.41) is 1.80. The molecule has 1 aromatic heterocycles. The van der Waals surface area contributed by atoms with Crippen LogP contribution in [-0.2, 0) is 6.42 Å². The summed E-state index contributed by atoms with van der Waals surface area (Å²) in [6.45, 7) is 0. The largest absolute Gasteiger partial charge is 0.234 e. The molecule has 0 saturated heterocycles. The van der Waals surface area contributed by atoms with Crippen molar-refractivity contribution in [1.29, 1.82) is 0 Å². The molecule has 0 N–H and O–H groups in total. The number of hydrogen-bond donors (Lipinski definition) is 0. The lowest BCUT2D eigenvalue weighted by Gasteiger charge is -2.02. The first-order valence-corrected chi connectivity index (χ1v) is 7.27. The van der Waals surface area contributed by atoms with E-state index in [0.29, 0.717) is 0 Å². The van der Waals surface area contributed by atoms with Gasteiger partial charge >= 0.3 is 0 Å². The summed E-state index contributed by atoms with van der Waals surface area (Å²) in [6.07, 6.45) is 7.79. The fourth-order valence-corrected chi connectivity index (χ4v) is 2.54. The Kier molecular flexibility index (Phi) is 5.49. The molecule has 1 heterocycles. The third kappa shape index (κ3) is 4.67. The van der Waals surface area contributed by atoms with Gasteiger partial charge in [-0.3, -0.25) is 0 Å². The molecule has 0 aliphatic rings. The van der Waals surface area contributed by atoms with E-state index in [-0.39, 0.29) is 0 Å². The molecule has 1 radical (unpaired) electrons. The fraction of sp³-hybridized carbons (Fsp3) is 0.286. The molecule has 0 unspecified atom stereocenters. The van der Waals surface area contributed by atoms with Crippen LogP contribution in [-0.4, -0.2) is 15.7 Å². The van der Waals surface area contributed by atoms with E-state index in [4.69, 9.17) is 11.6 Å². The van der Waals surface area contributed by atoms with Crippen LogP contribution in [0.15, 0.2) is 41.6 Å². The molecule has 2 aromatic rings. The maximum absolute atomic E-state index is 5.84. The van der Waals surface area contributed by atoms with Gasteiger partial charge in [-0.15, -0.1) is 11.8 Å². The summed E-state index contributed by atoms with van der Waals surface area (Å²) in [5.41, 5.74) is 1.35. The van der Waals surface area contributed by atoms with Crippen LogP contribution in [0.4, 0.5) is 0 Å². The minimum atomic E-state index is 0.800. The van der Waals surface area contributed by atoms with E-state index in [1.807, 2.05) is 18.2 Å². The monoisotopic (exact) mass is 277 g/mol. The first-order chi connectivity index (χ1) is 8.84. The second-order valence-corrected chi connectivity index (χ2v) is 5.48. The van der Waals surface area contributed by atoms with Crippen LogP contribution in [0, 0.1) is 6.33 Å². The summed E-state index contributed by atoms with van der Waals surface area (Å²) in [6, 6.07) is 9.99. The van der Waals surface area contributed by atoms with Crippen LogP contribution in [0.25, 0.3) is 0 Å². The molecule has 4 heteroatoms. The Morgan fingerprint density at radius 1 is 1.11 bits per heavy atom. The SMILES string of the molecule is Clc1ccc(CCCCSc2ccn[c]n2)cc1. The van der Waals surface area contributed by atoms with Crippen molar-refractivity contribution in [3.05, 3.63) is 53.4 Å². The maximum atomic E-state index is 5.84. The van der Waals surface area contributed by atoms with Gasteiger partial charge in [-0.2, -0.15) is 0 Å². The van der Waals surface area contributed by atoms with Crippen molar-refractivity contribution in [3.63, 3.8) is 0 Å². The van der Waals surface area contributed by atoms with Crippen LogP contribution in [0.5, 0.6) is 0 Å². The van der Waals surface area contributed by atoms with Gasteiger partial charge in [-0.1, -0.05) is 23.7 Å². The molecule has 2 nitrogen and oxygen atoms in total. The lowest BCUT2D eigenvalue weighted by Crippen LogP contribution is -1.88. The van der Waals surface area contributed by atoms with E-state index in [1.54, 1.807) is 18.0 Å². The molecule has 1 aromatic carbocycles. The van der Waals surface area contributed by atoms with Crippen molar-refractivity contribution < 1.29 is 0 Å². The van der Waals surface area contributed by atoms with Crippen molar-refractivity contribution in [2.24, 2.45) is 0 Å². The van der Waals surface area contributed by atoms with Crippen LogP contribution in [0.1, 0.15) is 18.4 Å². The number of thioether (sulfide) groups is 1. The first kappa shape index (κ1) is 13.4. The van der Waals surface area contributed by atoms with E-state index in [2.05, 4.69) is 28.4 Å². The van der Waals surface area contributed by atoms with Gasteiger partial charge in [0.2, 0.25) is 0 Å². The number of hydrogen-bond acceptors (Lipinski definition) is 3. The van der Waals surface area contributed by atoms with Gasteiger partial charge in [0.15, 0.2) is 6.33 Å². The summed E-state index contributed by atoms with van der Waals surface area (Å²) < 4.78 is 0. The van der Waals surface area contributed by atoms with Crippen molar-refractivity contribution in [3.8, 4) is 0 Å². The van der Waals surface area contributed by atoms with Gasteiger partial charge in [-0.25, -0.2) is 9.97 Å². The standard InChI is InChI=1S/C14H14ClN2S/c15-13-6-4-12(5-7-13)3-1-2-10-18-14-8-9-16-11-17-14/h4-9H,1-3,10H2. The molecule has 18 heavy (non-hydrogen) atoms. The zero-order valence-corrected chi connectivity index (χ0v) is 11.5. The van der Waals surface area contributed by atoms with Gasteiger partial charge in [0.05, 0.1) is 0 Å². The minimum absolute atomic E-state index is 0.800. The topological polar surface area (TPSA) is 25.8 Å². The van der Waals surface area contributed by atoms with Crippen molar-refractivity contribution >= 4 is 23.4 Å². The second-order valence-electron chi connectivity index (χ2n) is 3.93. The quantitative estimate of drug-likeness (QED) is 0.453. The van der Waals surface area contributed by atoms with Crippen LogP contribution < -0.4 is 0 Å². The predicted molar refractivity (Wildman–Crippen MR) is 76.0 cm³/mol. The lowest BCUT2D eigenvalue weighted by atomic mass is 10.1. The molecule has 93 valence electrons. The van der Waals surface area contributed by atoms with Gasteiger partial charge in [0, 0.05) is 11.2 Å². The number of aromatic nitrogens is 2. The molecular weight excluding hydrogens is 264 g/mol. The van der Waals surface area contributed by atoms with E-state index < -0.39 is 0 Å².